The number of alkyl halides is 1. The third-order valence-corrected chi connectivity index (χ3v) is 3.05. The second kappa shape index (κ2) is 6.13. The van der Waals surface area contributed by atoms with Gasteiger partial charge in [-0.05, 0) is 17.7 Å². The van der Waals surface area contributed by atoms with Gasteiger partial charge < -0.3 is 5.32 Å². The van der Waals surface area contributed by atoms with Crippen LogP contribution in [-0.4, -0.2) is 11.8 Å². The number of amides is 1. The normalized spacial score (nSPS) is 12.2. The topological polar surface area (TPSA) is 29.1 Å². The first-order chi connectivity index (χ1) is 7.13. The highest BCUT2D eigenvalue weighted by atomic mass is 79.9. The largest absolute Gasteiger partial charge is 0.352 e. The van der Waals surface area contributed by atoms with Crippen molar-refractivity contribution in [3.05, 3.63) is 34.3 Å². The zero-order valence-corrected chi connectivity index (χ0v) is 10.8. The molecule has 0 saturated heterocycles. The van der Waals surface area contributed by atoms with Crippen LogP contribution in [0.4, 0.5) is 0 Å². The van der Waals surface area contributed by atoms with Gasteiger partial charge in [0.2, 0.25) is 5.91 Å². The smallest absolute Gasteiger partial charge is 0.224 e. The molecule has 0 saturated carbocycles. The molecule has 0 bridgehead atoms. The zero-order valence-electron chi connectivity index (χ0n) is 8.47. The number of halogens is 2. The highest BCUT2D eigenvalue weighted by Gasteiger charge is 2.10. The molecule has 0 spiro atoms. The van der Waals surface area contributed by atoms with E-state index in [1.54, 1.807) is 0 Å². The maximum atomic E-state index is 11.4. The van der Waals surface area contributed by atoms with Gasteiger partial charge in [0.05, 0.1) is 0 Å². The Hall–Kier alpha value is -0.540. The Morgan fingerprint density at radius 2 is 2.07 bits per heavy atom. The Labute approximate surface area is 103 Å². The fraction of sp³-hybridized carbons (Fsp3) is 0.364. The first-order valence-corrected chi connectivity index (χ1v) is 6.04. The van der Waals surface area contributed by atoms with Gasteiger partial charge in [0.15, 0.2) is 0 Å². The minimum Gasteiger partial charge on any atom is -0.352 e. The molecule has 1 aromatic carbocycles. The molecule has 0 aromatic heterocycles. The maximum Gasteiger partial charge on any atom is 0.224 e. The first-order valence-electron chi connectivity index (χ1n) is 4.71. The Bertz CT molecular complexity index is 326. The van der Waals surface area contributed by atoms with Gasteiger partial charge in [-0.3, -0.25) is 4.79 Å². The van der Waals surface area contributed by atoms with Crippen LogP contribution in [0.1, 0.15) is 12.5 Å². The van der Waals surface area contributed by atoms with Gasteiger partial charge in [-0.15, -0.1) is 11.6 Å². The van der Waals surface area contributed by atoms with Crippen molar-refractivity contribution in [2.24, 2.45) is 5.92 Å². The molecule has 0 heterocycles. The molecule has 1 atom stereocenters. The van der Waals surface area contributed by atoms with Gasteiger partial charge in [0.1, 0.15) is 0 Å². The van der Waals surface area contributed by atoms with E-state index >= 15 is 0 Å². The van der Waals surface area contributed by atoms with Gasteiger partial charge in [-0.2, -0.15) is 0 Å². The molecular formula is C11H13BrClNO. The molecule has 1 amide bonds. The van der Waals surface area contributed by atoms with Crippen LogP contribution in [0.2, 0.25) is 0 Å². The lowest BCUT2D eigenvalue weighted by molar-refractivity contribution is -0.124. The third kappa shape index (κ3) is 4.22. The lowest BCUT2D eigenvalue weighted by atomic mass is 10.2. The molecule has 82 valence electrons. The molecule has 0 aliphatic rings. The Kier molecular flexibility index (Phi) is 5.12. The van der Waals surface area contributed by atoms with Crippen LogP contribution < -0.4 is 5.32 Å². The van der Waals surface area contributed by atoms with Crippen LogP contribution in [0.25, 0.3) is 0 Å². The lowest BCUT2D eigenvalue weighted by Crippen LogP contribution is -2.29. The van der Waals surface area contributed by atoms with Gasteiger partial charge in [0, 0.05) is 22.8 Å². The Balaban J connectivity index is 2.43. The third-order valence-electron chi connectivity index (χ3n) is 2.06. The van der Waals surface area contributed by atoms with Crippen molar-refractivity contribution in [1.82, 2.24) is 5.32 Å². The SMILES string of the molecule is CC(CCl)C(=O)NCc1ccc(Br)cc1. The number of benzene rings is 1. The second-order valence-electron chi connectivity index (χ2n) is 3.40. The van der Waals surface area contributed by atoms with E-state index in [0.29, 0.717) is 12.4 Å². The highest BCUT2D eigenvalue weighted by molar-refractivity contribution is 9.10. The monoisotopic (exact) mass is 289 g/mol. The quantitative estimate of drug-likeness (QED) is 0.849. The molecule has 0 radical (unpaired) electrons. The summed E-state index contributed by atoms with van der Waals surface area (Å²) in [6.07, 6.45) is 0. The van der Waals surface area contributed by atoms with Crippen molar-refractivity contribution in [3.8, 4) is 0 Å². The van der Waals surface area contributed by atoms with Crippen molar-refractivity contribution >= 4 is 33.4 Å². The molecule has 1 aromatic rings. The molecule has 0 aliphatic carbocycles. The van der Waals surface area contributed by atoms with E-state index in [2.05, 4.69) is 21.2 Å². The Morgan fingerprint density at radius 3 is 2.60 bits per heavy atom. The van der Waals surface area contributed by atoms with E-state index in [4.69, 9.17) is 11.6 Å². The van der Waals surface area contributed by atoms with E-state index in [1.165, 1.54) is 0 Å². The minimum absolute atomic E-state index is 0.00656. The minimum atomic E-state index is -0.137. The highest BCUT2D eigenvalue weighted by Crippen LogP contribution is 2.10. The molecule has 1 rings (SSSR count). The van der Waals surface area contributed by atoms with Crippen molar-refractivity contribution < 1.29 is 4.79 Å². The molecule has 15 heavy (non-hydrogen) atoms. The summed E-state index contributed by atoms with van der Waals surface area (Å²) in [6, 6.07) is 7.84. The lowest BCUT2D eigenvalue weighted by Gasteiger charge is -2.09. The van der Waals surface area contributed by atoms with E-state index in [1.807, 2.05) is 31.2 Å². The number of carbonyl (C=O) groups is 1. The van der Waals surface area contributed by atoms with E-state index in [9.17, 15) is 4.79 Å². The van der Waals surface area contributed by atoms with E-state index < -0.39 is 0 Å². The number of rotatable bonds is 4. The zero-order chi connectivity index (χ0) is 11.3. The van der Waals surface area contributed by atoms with Crippen molar-refractivity contribution in [1.29, 1.82) is 0 Å². The molecular weight excluding hydrogens is 277 g/mol. The molecule has 1 N–H and O–H groups in total. The molecule has 0 aliphatic heterocycles. The van der Waals surface area contributed by atoms with Crippen LogP contribution in [0.5, 0.6) is 0 Å². The van der Waals surface area contributed by atoms with Crippen LogP contribution >= 0.6 is 27.5 Å². The molecule has 0 fully saturated rings. The molecule has 1 unspecified atom stereocenters. The number of nitrogens with one attached hydrogen (secondary N) is 1. The summed E-state index contributed by atoms with van der Waals surface area (Å²) in [5.74, 6) is 0.210. The molecule has 4 heteroatoms. The second-order valence-corrected chi connectivity index (χ2v) is 4.62. The van der Waals surface area contributed by atoms with Gasteiger partial charge >= 0.3 is 0 Å². The summed E-state index contributed by atoms with van der Waals surface area (Å²) < 4.78 is 1.03. The first kappa shape index (κ1) is 12.5. The van der Waals surface area contributed by atoms with Crippen LogP contribution in [0.15, 0.2) is 28.7 Å². The van der Waals surface area contributed by atoms with Crippen LogP contribution in [0, 0.1) is 5.92 Å². The fourth-order valence-electron chi connectivity index (χ4n) is 1.04. The average Bonchev–Trinajstić information content (AvgIpc) is 2.26. The number of carbonyl (C=O) groups excluding carboxylic acids is 1. The predicted octanol–water partition coefficient (Wildman–Crippen LogP) is 2.94. The van der Waals surface area contributed by atoms with E-state index in [-0.39, 0.29) is 11.8 Å². The standard InChI is InChI=1S/C11H13BrClNO/c1-8(6-13)11(15)14-7-9-2-4-10(12)5-3-9/h2-5,8H,6-7H2,1H3,(H,14,15). The maximum absolute atomic E-state index is 11.4. The summed E-state index contributed by atoms with van der Waals surface area (Å²) in [5.41, 5.74) is 1.08. The predicted molar refractivity (Wildman–Crippen MR) is 65.9 cm³/mol. The summed E-state index contributed by atoms with van der Waals surface area (Å²) in [5, 5.41) is 2.83. The number of hydrogen-bond donors (Lipinski definition) is 1. The van der Waals surface area contributed by atoms with Crippen LogP contribution in [-0.2, 0) is 11.3 Å². The average molecular weight is 291 g/mol. The molecule has 2 nitrogen and oxygen atoms in total. The van der Waals surface area contributed by atoms with Crippen molar-refractivity contribution in [2.75, 3.05) is 5.88 Å². The van der Waals surface area contributed by atoms with E-state index in [0.717, 1.165) is 10.0 Å². The summed E-state index contributed by atoms with van der Waals surface area (Å²) >= 11 is 8.94. The summed E-state index contributed by atoms with van der Waals surface area (Å²) in [6.45, 7) is 2.36. The van der Waals surface area contributed by atoms with Gasteiger partial charge in [0.25, 0.3) is 0 Å². The summed E-state index contributed by atoms with van der Waals surface area (Å²) in [4.78, 5) is 11.4. The summed E-state index contributed by atoms with van der Waals surface area (Å²) in [7, 11) is 0. The van der Waals surface area contributed by atoms with Crippen LogP contribution in [0.3, 0.4) is 0 Å². The van der Waals surface area contributed by atoms with Gasteiger partial charge in [-0.25, -0.2) is 0 Å². The van der Waals surface area contributed by atoms with Gasteiger partial charge in [-0.1, -0.05) is 35.0 Å². The fourth-order valence-corrected chi connectivity index (χ4v) is 1.44. The number of hydrogen-bond acceptors (Lipinski definition) is 1. The van der Waals surface area contributed by atoms with Crippen molar-refractivity contribution in [2.45, 2.75) is 13.5 Å². The Morgan fingerprint density at radius 1 is 1.47 bits per heavy atom. The van der Waals surface area contributed by atoms with Crippen molar-refractivity contribution in [3.63, 3.8) is 0 Å².